The van der Waals surface area contributed by atoms with E-state index in [4.69, 9.17) is 9.47 Å². The fourth-order valence-corrected chi connectivity index (χ4v) is 5.82. The van der Waals surface area contributed by atoms with Crippen molar-refractivity contribution in [2.24, 2.45) is 11.1 Å². The summed E-state index contributed by atoms with van der Waals surface area (Å²) in [5.41, 5.74) is 3.04. The van der Waals surface area contributed by atoms with Crippen LogP contribution in [0.1, 0.15) is 30.5 Å². The molecule has 2 fully saturated rings. The fourth-order valence-electron chi connectivity index (χ4n) is 5.82. The van der Waals surface area contributed by atoms with Gasteiger partial charge in [-0.1, -0.05) is 11.2 Å². The van der Waals surface area contributed by atoms with E-state index in [1.54, 1.807) is 19.2 Å². The summed E-state index contributed by atoms with van der Waals surface area (Å²) in [6, 6.07) is 10.3. The Hall–Kier alpha value is -3.73. The molecule has 0 aromatic heterocycles. The predicted molar refractivity (Wildman–Crippen MR) is 145 cm³/mol. The van der Waals surface area contributed by atoms with E-state index in [1.807, 2.05) is 23.1 Å². The largest absolute Gasteiger partial charge is 0.497 e. The van der Waals surface area contributed by atoms with E-state index in [0.29, 0.717) is 24.5 Å². The standard InChI is InChI=1S/C28H34FN5O5/c1-18(35)30-15-23-17-34(28(36)39-23)21-5-8-26(25(29)14-21)33-11-9-32(10-12-33)16-20-4-3-19-13-22(38-2)6-7-24(19)27(20)31-37/h5-8,13-14,20,23,27H,3-4,9-12,15-17H2,1-2H3,(H,30,35)/t20?,23-,27?/m0/s1. The number of nitrogens with one attached hydrogen (secondary N) is 1. The lowest BCUT2D eigenvalue weighted by Gasteiger charge is -2.39. The van der Waals surface area contributed by atoms with Crippen LogP contribution < -0.4 is 19.9 Å². The lowest BCUT2D eigenvalue weighted by Crippen LogP contribution is -2.48. The number of hydrogen-bond acceptors (Lipinski definition) is 8. The third-order valence-electron chi connectivity index (χ3n) is 7.91. The second kappa shape index (κ2) is 11.6. The minimum Gasteiger partial charge on any atom is -0.497 e. The average molecular weight is 540 g/mol. The Bertz CT molecular complexity index is 1230. The lowest BCUT2D eigenvalue weighted by atomic mass is 9.79. The molecule has 1 aliphatic carbocycles. The molecule has 0 bridgehead atoms. The van der Waals surface area contributed by atoms with Gasteiger partial charge in [-0.2, -0.15) is 4.91 Å². The number of carbonyl (C=O) groups excluding carboxylic acids is 2. The van der Waals surface area contributed by atoms with Crippen molar-refractivity contribution in [2.75, 3.05) is 62.7 Å². The van der Waals surface area contributed by atoms with Gasteiger partial charge < -0.3 is 19.7 Å². The molecule has 2 aliphatic heterocycles. The van der Waals surface area contributed by atoms with Gasteiger partial charge in [-0.3, -0.25) is 14.6 Å². The van der Waals surface area contributed by atoms with Crippen molar-refractivity contribution in [1.82, 2.24) is 10.2 Å². The zero-order valence-corrected chi connectivity index (χ0v) is 22.3. The third kappa shape index (κ3) is 5.83. The van der Waals surface area contributed by atoms with E-state index >= 15 is 4.39 Å². The Kier molecular flexibility index (Phi) is 7.97. The van der Waals surface area contributed by atoms with E-state index in [0.717, 1.165) is 49.4 Å². The van der Waals surface area contributed by atoms with Gasteiger partial charge in [-0.15, -0.1) is 0 Å². The molecule has 2 saturated heterocycles. The minimum absolute atomic E-state index is 0.139. The predicted octanol–water partition coefficient (Wildman–Crippen LogP) is 3.49. The van der Waals surface area contributed by atoms with Gasteiger partial charge in [-0.05, 0) is 54.3 Å². The Labute approximate surface area is 227 Å². The Morgan fingerprint density at radius 3 is 2.67 bits per heavy atom. The van der Waals surface area contributed by atoms with Crippen LogP contribution in [0.25, 0.3) is 0 Å². The second-order valence-electron chi connectivity index (χ2n) is 10.4. The van der Waals surface area contributed by atoms with Gasteiger partial charge in [0, 0.05) is 45.6 Å². The molecule has 2 aromatic carbocycles. The summed E-state index contributed by atoms with van der Waals surface area (Å²) in [5.74, 6) is 0.328. The highest BCUT2D eigenvalue weighted by molar-refractivity contribution is 5.90. The molecular weight excluding hydrogens is 505 g/mol. The molecule has 5 rings (SSSR count). The molecule has 39 heavy (non-hydrogen) atoms. The molecule has 2 amide bonds. The highest BCUT2D eigenvalue weighted by atomic mass is 19.1. The number of halogens is 1. The van der Waals surface area contributed by atoms with Gasteiger partial charge >= 0.3 is 6.09 Å². The maximum absolute atomic E-state index is 15.2. The maximum Gasteiger partial charge on any atom is 0.414 e. The molecular formula is C28H34FN5O5. The number of nitroso groups, excluding NO2 is 1. The number of nitrogens with zero attached hydrogens (tertiary/aromatic N) is 4. The highest BCUT2D eigenvalue weighted by Gasteiger charge is 2.34. The van der Waals surface area contributed by atoms with Crippen LogP contribution in [0.4, 0.5) is 20.6 Å². The SMILES string of the molecule is COc1ccc2c(c1)CCC(CN1CCN(c3ccc(N4C[C@H](CNC(C)=O)OC4=O)cc3F)CC1)C2N=O. The van der Waals surface area contributed by atoms with E-state index in [9.17, 15) is 14.5 Å². The molecule has 3 aliphatic rings. The molecule has 0 saturated carbocycles. The number of methoxy groups -OCH3 is 1. The summed E-state index contributed by atoms with van der Waals surface area (Å²) >= 11 is 0. The molecule has 2 aromatic rings. The van der Waals surface area contributed by atoms with Gasteiger partial charge in [0.25, 0.3) is 0 Å². The van der Waals surface area contributed by atoms with Crippen LogP contribution in [0.5, 0.6) is 5.75 Å². The molecule has 208 valence electrons. The number of ether oxygens (including phenoxy) is 2. The molecule has 10 nitrogen and oxygen atoms in total. The van der Waals surface area contributed by atoms with Crippen LogP contribution in [0, 0.1) is 16.6 Å². The monoisotopic (exact) mass is 539 g/mol. The van der Waals surface area contributed by atoms with Crippen molar-refractivity contribution in [3.8, 4) is 5.75 Å². The zero-order valence-electron chi connectivity index (χ0n) is 22.3. The Morgan fingerprint density at radius 1 is 1.18 bits per heavy atom. The normalized spacial score (nSPS) is 23.3. The maximum atomic E-state index is 15.2. The topological polar surface area (TPSA) is 104 Å². The Balaban J connectivity index is 1.17. The van der Waals surface area contributed by atoms with Crippen LogP contribution in [-0.2, 0) is 16.0 Å². The van der Waals surface area contributed by atoms with Crippen LogP contribution >= 0.6 is 0 Å². The number of benzene rings is 2. The van der Waals surface area contributed by atoms with Crippen LogP contribution in [0.15, 0.2) is 41.6 Å². The van der Waals surface area contributed by atoms with E-state index in [1.165, 1.54) is 17.9 Å². The van der Waals surface area contributed by atoms with Crippen molar-refractivity contribution in [3.05, 3.63) is 58.2 Å². The van der Waals surface area contributed by atoms with Gasteiger partial charge in [0.15, 0.2) is 0 Å². The van der Waals surface area contributed by atoms with Crippen molar-refractivity contribution in [1.29, 1.82) is 0 Å². The van der Waals surface area contributed by atoms with E-state index in [-0.39, 0.29) is 31.0 Å². The summed E-state index contributed by atoms with van der Waals surface area (Å²) in [6.45, 7) is 5.44. The molecule has 11 heteroatoms. The molecule has 0 spiro atoms. The third-order valence-corrected chi connectivity index (χ3v) is 7.91. The van der Waals surface area contributed by atoms with Crippen molar-refractivity contribution in [2.45, 2.75) is 31.9 Å². The molecule has 0 radical (unpaired) electrons. The van der Waals surface area contributed by atoms with Crippen LogP contribution in [0.2, 0.25) is 0 Å². The number of hydrogen-bond donors (Lipinski definition) is 1. The van der Waals surface area contributed by atoms with Gasteiger partial charge in [0.1, 0.15) is 23.7 Å². The van der Waals surface area contributed by atoms with Crippen LogP contribution in [0.3, 0.4) is 0 Å². The molecule has 2 heterocycles. The fraction of sp³-hybridized carbons (Fsp3) is 0.500. The Morgan fingerprint density at radius 2 is 1.97 bits per heavy atom. The quantitative estimate of drug-likeness (QED) is 0.512. The zero-order chi connectivity index (χ0) is 27.5. The van der Waals surface area contributed by atoms with E-state index < -0.39 is 18.0 Å². The number of rotatable bonds is 8. The second-order valence-corrected chi connectivity index (χ2v) is 10.4. The number of aryl methyl sites for hydroxylation is 1. The average Bonchev–Trinajstić information content (AvgIpc) is 3.32. The first-order chi connectivity index (χ1) is 18.9. The minimum atomic E-state index is -0.557. The van der Waals surface area contributed by atoms with Crippen molar-refractivity contribution in [3.63, 3.8) is 0 Å². The summed E-state index contributed by atoms with van der Waals surface area (Å²) in [7, 11) is 1.64. The van der Waals surface area contributed by atoms with Crippen molar-refractivity contribution >= 4 is 23.4 Å². The summed E-state index contributed by atoms with van der Waals surface area (Å²) in [6.07, 6.45) is 0.738. The number of fused-ring (bicyclic) bond motifs is 1. The highest BCUT2D eigenvalue weighted by Crippen LogP contribution is 2.39. The first-order valence-corrected chi connectivity index (χ1v) is 13.3. The van der Waals surface area contributed by atoms with Crippen molar-refractivity contribution < 1.29 is 23.5 Å². The summed E-state index contributed by atoms with van der Waals surface area (Å²) in [5, 5.41) is 6.14. The molecule has 1 N–H and O–H groups in total. The van der Waals surface area contributed by atoms with Gasteiger partial charge in [0.2, 0.25) is 5.91 Å². The number of cyclic esters (lactones) is 1. The first kappa shape index (κ1) is 26.9. The molecule has 2 unspecified atom stereocenters. The number of piperazine rings is 1. The summed E-state index contributed by atoms with van der Waals surface area (Å²) in [4.78, 5) is 41.0. The number of carbonyl (C=O) groups is 2. The van der Waals surface area contributed by atoms with Gasteiger partial charge in [0.05, 0.1) is 31.6 Å². The first-order valence-electron chi connectivity index (χ1n) is 13.3. The summed E-state index contributed by atoms with van der Waals surface area (Å²) < 4.78 is 25.8. The molecule has 3 atom stereocenters. The van der Waals surface area contributed by atoms with E-state index in [2.05, 4.69) is 15.4 Å². The smallest absolute Gasteiger partial charge is 0.414 e. The number of anilines is 2. The van der Waals surface area contributed by atoms with Crippen LogP contribution in [-0.4, -0.2) is 75.9 Å². The van der Waals surface area contributed by atoms with Gasteiger partial charge in [-0.25, -0.2) is 9.18 Å². The lowest BCUT2D eigenvalue weighted by molar-refractivity contribution is -0.119. The number of amides is 2.